The van der Waals surface area contributed by atoms with E-state index in [1.807, 2.05) is 24.3 Å². The molecule has 0 bridgehead atoms. The maximum Gasteiger partial charge on any atom is 0.224 e. The summed E-state index contributed by atoms with van der Waals surface area (Å²) in [5.41, 5.74) is 1.27. The van der Waals surface area contributed by atoms with E-state index in [0.29, 0.717) is 13.1 Å². The fraction of sp³-hybridized carbons (Fsp3) is 0.611. The van der Waals surface area contributed by atoms with Crippen LogP contribution in [-0.2, 0) is 11.2 Å². The maximum absolute atomic E-state index is 11.7. The maximum atomic E-state index is 11.7. The van der Waals surface area contributed by atoms with E-state index in [1.165, 1.54) is 5.56 Å². The molecule has 1 heterocycles. The first kappa shape index (κ1) is 17.8. The van der Waals surface area contributed by atoms with Crippen LogP contribution in [0.3, 0.4) is 0 Å². The lowest BCUT2D eigenvalue weighted by molar-refractivity contribution is -0.126. The Balaban J connectivity index is 1.75. The Hall–Kier alpha value is -1.59. The zero-order chi connectivity index (χ0) is 16.7. The highest BCUT2D eigenvalue weighted by Crippen LogP contribution is 2.17. The second kappa shape index (κ2) is 8.89. The molecule has 1 aromatic rings. The zero-order valence-corrected chi connectivity index (χ0v) is 14.1. The monoisotopic (exact) mass is 320 g/mol. The normalized spacial score (nSPS) is 20.0. The topological polar surface area (TPSA) is 61.8 Å². The fourth-order valence-electron chi connectivity index (χ4n) is 3.00. The Bertz CT molecular complexity index is 490. The summed E-state index contributed by atoms with van der Waals surface area (Å²) in [6, 6.07) is 7.96. The third-order valence-electron chi connectivity index (χ3n) is 4.37. The molecule has 0 saturated carbocycles. The predicted molar refractivity (Wildman–Crippen MR) is 90.6 cm³/mol. The molecule has 1 fully saturated rings. The van der Waals surface area contributed by atoms with Gasteiger partial charge in [0.1, 0.15) is 18.5 Å². The van der Waals surface area contributed by atoms with Gasteiger partial charge in [-0.1, -0.05) is 19.1 Å². The van der Waals surface area contributed by atoms with Crippen LogP contribution in [0.25, 0.3) is 0 Å². The minimum Gasteiger partial charge on any atom is -0.491 e. The van der Waals surface area contributed by atoms with Crippen LogP contribution in [0, 0.1) is 5.92 Å². The second-order valence-corrected chi connectivity index (χ2v) is 6.18. The van der Waals surface area contributed by atoms with Gasteiger partial charge in [-0.15, -0.1) is 0 Å². The van der Waals surface area contributed by atoms with E-state index >= 15 is 0 Å². The van der Waals surface area contributed by atoms with Gasteiger partial charge in [-0.25, -0.2) is 0 Å². The molecule has 23 heavy (non-hydrogen) atoms. The van der Waals surface area contributed by atoms with Crippen LogP contribution in [0.15, 0.2) is 24.3 Å². The Kier molecular flexibility index (Phi) is 6.86. The van der Waals surface area contributed by atoms with Crippen molar-refractivity contribution in [3.63, 3.8) is 0 Å². The van der Waals surface area contributed by atoms with Crippen LogP contribution < -0.4 is 10.1 Å². The van der Waals surface area contributed by atoms with E-state index in [1.54, 1.807) is 7.05 Å². The number of ether oxygens (including phenoxy) is 1. The molecule has 1 amide bonds. The van der Waals surface area contributed by atoms with Crippen LogP contribution in [0.2, 0.25) is 0 Å². The van der Waals surface area contributed by atoms with Gasteiger partial charge in [0.25, 0.3) is 0 Å². The number of hydrogen-bond donors (Lipinski definition) is 2. The van der Waals surface area contributed by atoms with Crippen molar-refractivity contribution < 1.29 is 14.6 Å². The van der Waals surface area contributed by atoms with Crippen molar-refractivity contribution in [2.24, 2.45) is 5.92 Å². The fourth-order valence-corrected chi connectivity index (χ4v) is 3.00. The number of carbonyl (C=O) groups excluding carboxylic acids is 1. The molecular formula is C18H28N2O3. The van der Waals surface area contributed by atoms with Gasteiger partial charge in [0.15, 0.2) is 0 Å². The number of hydrogen-bond acceptors (Lipinski definition) is 4. The van der Waals surface area contributed by atoms with Crippen molar-refractivity contribution in [1.29, 1.82) is 0 Å². The lowest BCUT2D eigenvalue weighted by atomic mass is 9.97. The molecule has 2 rings (SSSR count). The van der Waals surface area contributed by atoms with Gasteiger partial charge in [-0.05, 0) is 43.5 Å². The van der Waals surface area contributed by atoms with E-state index in [0.717, 1.165) is 31.6 Å². The highest BCUT2D eigenvalue weighted by molar-refractivity contribution is 5.78. The first-order chi connectivity index (χ1) is 11.1. The number of nitrogens with one attached hydrogen (secondary N) is 1. The molecular weight excluding hydrogens is 292 g/mol. The number of carbonyl (C=O) groups is 1. The molecule has 0 radical (unpaired) electrons. The van der Waals surface area contributed by atoms with Crippen LogP contribution >= 0.6 is 0 Å². The molecule has 1 saturated heterocycles. The van der Waals surface area contributed by atoms with E-state index in [4.69, 9.17) is 4.74 Å². The van der Waals surface area contributed by atoms with Gasteiger partial charge in [0.05, 0.1) is 5.92 Å². The molecule has 1 aliphatic rings. The average Bonchev–Trinajstić information content (AvgIpc) is 2.60. The Labute approximate surface area is 138 Å². The molecule has 5 heteroatoms. The third kappa shape index (κ3) is 5.52. The lowest BCUT2D eigenvalue weighted by Gasteiger charge is -2.32. The molecule has 2 N–H and O–H groups in total. The molecule has 0 aromatic heterocycles. The van der Waals surface area contributed by atoms with Crippen LogP contribution in [-0.4, -0.2) is 55.3 Å². The molecule has 5 nitrogen and oxygen atoms in total. The number of rotatable bonds is 7. The van der Waals surface area contributed by atoms with Crippen molar-refractivity contribution in [2.45, 2.75) is 32.3 Å². The highest BCUT2D eigenvalue weighted by Gasteiger charge is 2.26. The van der Waals surface area contributed by atoms with E-state index in [9.17, 15) is 9.90 Å². The molecule has 1 aliphatic heterocycles. The van der Waals surface area contributed by atoms with Crippen molar-refractivity contribution in [3.8, 4) is 5.75 Å². The number of aliphatic hydroxyl groups excluding tert-OH is 1. The van der Waals surface area contributed by atoms with Gasteiger partial charge in [0.2, 0.25) is 5.91 Å². The highest BCUT2D eigenvalue weighted by atomic mass is 16.5. The summed E-state index contributed by atoms with van der Waals surface area (Å²) in [6.07, 6.45) is 2.37. The van der Waals surface area contributed by atoms with Gasteiger partial charge < -0.3 is 15.2 Å². The number of β-amino-alcohol motifs (C(OH)–C–C–N with tert-alkyl or cyclic N) is 1. The van der Waals surface area contributed by atoms with Gasteiger partial charge in [-0.3, -0.25) is 9.69 Å². The second-order valence-electron chi connectivity index (χ2n) is 6.18. The van der Waals surface area contributed by atoms with Crippen molar-refractivity contribution in [3.05, 3.63) is 29.8 Å². The summed E-state index contributed by atoms with van der Waals surface area (Å²) < 4.78 is 5.65. The SMILES string of the molecule is CCc1ccc(OCC(O)CN2CCCC(C(=O)NC)C2)cc1. The van der Waals surface area contributed by atoms with E-state index in [-0.39, 0.29) is 18.4 Å². The third-order valence-corrected chi connectivity index (χ3v) is 4.37. The Morgan fingerprint density at radius 3 is 2.83 bits per heavy atom. The number of aliphatic hydroxyl groups is 1. The smallest absolute Gasteiger partial charge is 0.224 e. The number of piperidine rings is 1. The Morgan fingerprint density at radius 2 is 2.17 bits per heavy atom. The quantitative estimate of drug-likeness (QED) is 0.798. The summed E-state index contributed by atoms with van der Waals surface area (Å²) >= 11 is 0. The molecule has 0 spiro atoms. The molecule has 2 atom stereocenters. The lowest BCUT2D eigenvalue weighted by Crippen LogP contribution is -2.45. The van der Waals surface area contributed by atoms with Crippen LogP contribution in [0.4, 0.5) is 0 Å². The van der Waals surface area contributed by atoms with E-state index in [2.05, 4.69) is 17.1 Å². The van der Waals surface area contributed by atoms with Crippen LogP contribution in [0.5, 0.6) is 5.75 Å². The van der Waals surface area contributed by atoms with Crippen molar-refractivity contribution in [1.82, 2.24) is 10.2 Å². The van der Waals surface area contributed by atoms with Crippen LogP contribution in [0.1, 0.15) is 25.3 Å². The van der Waals surface area contributed by atoms with Gasteiger partial charge in [0, 0.05) is 20.1 Å². The first-order valence-electron chi connectivity index (χ1n) is 8.46. The summed E-state index contributed by atoms with van der Waals surface area (Å²) in [5.74, 6) is 0.906. The standard InChI is InChI=1S/C18H28N2O3/c1-3-14-6-8-17(9-7-14)23-13-16(21)12-20-10-4-5-15(11-20)18(22)19-2/h6-9,15-16,21H,3-5,10-13H2,1-2H3,(H,19,22). The predicted octanol–water partition coefficient (Wildman–Crippen LogP) is 1.45. The van der Waals surface area contributed by atoms with E-state index < -0.39 is 6.10 Å². The van der Waals surface area contributed by atoms with Crippen molar-refractivity contribution in [2.75, 3.05) is 33.3 Å². The van der Waals surface area contributed by atoms with Crippen molar-refractivity contribution >= 4 is 5.91 Å². The minimum absolute atomic E-state index is 0.0310. The summed E-state index contributed by atoms with van der Waals surface area (Å²) in [4.78, 5) is 13.9. The summed E-state index contributed by atoms with van der Waals surface area (Å²) in [5, 5.41) is 12.9. The number of amides is 1. The molecule has 128 valence electrons. The first-order valence-corrected chi connectivity index (χ1v) is 8.46. The summed E-state index contributed by atoms with van der Waals surface area (Å²) in [7, 11) is 1.67. The number of likely N-dealkylation sites (tertiary alicyclic amines) is 1. The number of nitrogens with zero attached hydrogens (tertiary/aromatic N) is 1. The molecule has 1 aromatic carbocycles. The van der Waals surface area contributed by atoms with Gasteiger partial charge in [-0.2, -0.15) is 0 Å². The summed E-state index contributed by atoms with van der Waals surface area (Å²) in [6.45, 7) is 4.56. The minimum atomic E-state index is -0.552. The molecule has 2 unspecified atom stereocenters. The molecule has 0 aliphatic carbocycles. The number of aryl methyl sites for hydroxylation is 1. The average molecular weight is 320 g/mol. The zero-order valence-electron chi connectivity index (χ0n) is 14.1. The number of benzene rings is 1. The Morgan fingerprint density at radius 1 is 1.43 bits per heavy atom. The largest absolute Gasteiger partial charge is 0.491 e. The van der Waals surface area contributed by atoms with Gasteiger partial charge >= 0.3 is 0 Å².